The zero-order valence-electron chi connectivity index (χ0n) is 17.5. The molecule has 0 spiro atoms. The number of amides is 3. The van der Waals surface area contributed by atoms with E-state index >= 15 is 0 Å². The van der Waals surface area contributed by atoms with Crippen LogP contribution >= 0.6 is 11.3 Å². The van der Waals surface area contributed by atoms with E-state index in [9.17, 15) is 14.4 Å². The van der Waals surface area contributed by atoms with Crippen molar-refractivity contribution >= 4 is 29.1 Å². The maximum atomic E-state index is 13.0. The van der Waals surface area contributed by atoms with Gasteiger partial charge in [0.2, 0.25) is 5.91 Å². The van der Waals surface area contributed by atoms with Gasteiger partial charge in [0.15, 0.2) is 0 Å². The first-order valence-electron chi connectivity index (χ1n) is 10.5. The summed E-state index contributed by atoms with van der Waals surface area (Å²) in [5.74, 6) is -0.389. The zero-order chi connectivity index (χ0) is 21.5. The first kappa shape index (κ1) is 22.0. The molecule has 1 saturated heterocycles. The quantitative estimate of drug-likeness (QED) is 0.712. The van der Waals surface area contributed by atoms with E-state index in [1.165, 1.54) is 11.3 Å². The summed E-state index contributed by atoms with van der Waals surface area (Å²) in [6.07, 6.45) is 2.16. The molecule has 3 amide bonds. The van der Waals surface area contributed by atoms with Crippen LogP contribution in [0.3, 0.4) is 0 Å². The van der Waals surface area contributed by atoms with Gasteiger partial charge in [-0.05, 0) is 55.7 Å². The third-order valence-corrected chi connectivity index (χ3v) is 6.49. The number of hydrogen-bond donors (Lipinski definition) is 2. The number of benzene rings is 1. The van der Waals surface area contributed by atoms with Crippen LogP contribution in [0.15, 0.2) is 47.8 Å². The first-order chi connectivity index (χ1) is 14.5. The highest BCUT2D eigenvalue weighted by molar-refractivity contribution is 7.12. The highest BCUT2D eigenvalue weighted by Gasteiger charge is 2.34. The molecule has 2 atom stereocenters. The second kappa shape index (κ2) is 10.4. The van der Waals surface area contributed by atoms with Crippen LogP contribution in [0.2, 0.25) is 0 Å². The van der Waals surface area contributed by atoms with Gasteiger partial charge in [-0.2, -0.15) is 0 Å². The molecule has 0 bridgehead atoms. The number of likely N-dealkylation sites (tertiary alicyclic amines) is 1. The minimum absolute atomic E-state index is 0.0193. The number of piperidine rings is 1. The fourth-order valence-corrected chi connectivity index (χ4v) is 4.33. The number of carbonyl (C=O) groups excluding carboxylic acids is 3. The zero-order valence-corrected chi connectivity index (χ0v) is 18.3. The van der Waals surface area contributed by atoms with Crippen molar-refractivity contribution in [2.24, 2.45) is 5.92 Å². The third-order valence-electron chi connectivity index (χ3n) is 5.64. The maximum absolute atomic E-state index is 13.0. The minimum atomic E-state index is -0.620. The Labute approximate surface area is 181 Å². The lowest BCUT2D eigenvalue weighted by Gasteiger charge is -2.36. The summed E-state index contributed by atoms with van der Waals surface area (Å²) in [7, 11) is 0. The minimum Gasteiger partial charge on any atom is -0.352 e. The summed E-state index contributed by atoms with van der Waals surface area (Å²) >= 11 is 1.44. The Balaban J connectivity index is 1.68. The topological polar surface area (TPSA) is 78.5 Å². The maximum Gasteiger partial charge on any atom is 0.263 e. The van der Waals surface area contributed by atoms with Gasteiger partial charge in [0.25, 0.3) is 11.8 Å². The second-order valence-corrected chi connectivity index (χ2v) is 8.69. The predicted octanol–water partition coefficient (Wildman–Crippen LogP) is 3.31. The molecule has 0 aliphatic carbocycles. The van der Waals surface area contributed by atoms with Gasteiger partial charge in [0.1, 0.15) is 6.04 Å². The summed E-state index contributed by atoms with van der Waals surface area (Å²) in [4.78, 5) is 40.9. The standard InChI is InChI=1S/C23H29N3O3S/c1-3-16(2)24-22(28)20(25-21(27)18-8-5-4-6-9-18)17-11-13-26(14-12-17)23(29)19-10-7-15-30-19/h4-10,15-17,20H,3,11-14H2,1-2H3,(H,24,28)(H,25,27)/t16-,20-/m1/s1. The molecule has 0 radical (unpaired) electrons. The number of carbonyl (C=O) groups is 3. The van der Waals surface area contributed by atoms with Gasteiger partial charge in [0, 0.05) is 24.7 Å². The smallest absolute Gasteiger partial charge is 0.263 e. The molecule has 2 N–H and O–H groups in total. The van der Waals surface area contributed by atoms with Gasteiger partial charge in [-0.25, -0.2) is 0 Å². The van der Waals surface area contributed by atoms with Crippen molar-refractivity contribution in [3.8, 4) is 0 Å². The Kier molecular flexibility index (Phi) is 7.63. The van der Waals surface area contributed by atoms with Crippen molar-refractivity contribution in [1.82, 2.24) is 15.5 Å². The van der Waals surface area contributed by atoms with E-state index in [0.29, 0.717) is 31.5 Å². The van der Waals surface area contributed by atoms with Gasteiger partial charge in [-0.3, -0.25) is 14.4 Å². The van der Waals surface area contributed by atoms with Crippen LogP contribution in [-0.4, -0.2) is 47.8 Å². The summed E-state index contributed by atoms with van der Waals surface area (Å²) in [6.45, 7) is 5.12. The van der Waals surface area contributed by atoms with E-state index in [0.717, 1.165) is 11.3 Å². The molecule has 1 aliphatic heterocycles. The predicted molar refractivity (Wildman–Crippen MR) is 119 cm³/mol. The fourth-order valence-electron chi connectivity index (χ4n) is 3.64. The number of rotatable bonds is 7. The largest absolute Gasteiger partial charge is 0.352 e. The lowest BCUT2D eigenvalue weighted by Crippen LogP contribution is -2.55. The van der Waals surface area contributed by atoms with Crippen LogP contribution in [-0.2, 0) is 4.79 Å². The Morgan fingerprint density at radius 3 is 2.37 bits per heavy atom. The SMILES string of the molecule is CC[C@@H](C)NC(=O)[C@H](NC(=O)c1ccccc1)C1CCN(C(=O)c2cccs2)CC1. The van der Waals surface area contributed by atoms with Crippen LogP contribution in [0.1, 0.15) is 53.1 Å². The Morgan fingerprint density at radius 1 is 1.07 bits per heavy atom. The molecule has 3 rings (SSSR count). The Bertz CT molecular complexity index is 846. The Hall–Kier alpha value is -2.67. The Morgan fingerprint density at radius 2 is 1.77 bits per heavy atom. The molecule has 0 saturated carbocycles. The van der Waals surface area contributed by atoms with Crippen LogP contribution < -0.4 is 10.6 Å². The van der Waals surface area contributed by atoms with Crippen molar-refractivity contribution in [3.63, 3.8) is 0 Å². The van der Waals surface area contributed by atoms with Crippen LogP contribution in [0.25, 0.3) is 0 Å². The summed E-state index contributed by atoms with van der Waals surface area (Å²) in [5, 5.41) is 7.86. The van der Waals surface area contributed by atoms with E-state index in [2.05, 4.69) is 10.6 Å². The van der Waals surface area contributed by atoms with Gasteiger partial charge < -0.3 is 15.5 Å². The van der Waals surface area contributed by atoms with Gasteiger partial charge in [0.05, 0.1) is 4.88 Å². The van der Waals surface area contributed by atoms with Crippen molar-refractivity contribution in [2.75, 3.05) is 13.1 Å². The van der Waals surface area contributed by atoms with Crippen molar-refractivity contribution < 1.29 is 14.4 Å². The normalized spacial score (nSPS) is 16.5. The molecule has 1 aromatic heterocycles. The van der Waals surface area contributed by atoms with Gasteiger partial charge in [-0.15, -0.1) is 11.3 Å². The molecule has 2 aromatic rings. The van der Waals surface area contributed by atoms with E-state index < -0.39 is 6.04 Å². The number of thiophene rings is 1. The fraction of sp³-hybridized carbons (Fsp3) is 0.435. The summed E-state index contributed by atoms with van der Waals surface area (Å²) < 4.78 is 0. The van der Waals surface area contributed by atoms with Crippen molar-refractivity contribution in [2.45, 2.75) is 45.2 Å². The molecule has 6 nitrogen and oxygen atoms in total. The van der Waals surface area contributed by atoms with Crippen molar-refractivity contribution in [1.29, 1.82) is 0 Å². The van der Waals surface area contributed by atoms with Crippen LogP contribution in [0.5, 0.6) is 0 Å². The first-order valence-corrected chi connectivity index (χ1v) is 11.4. The second-order valence-electron chi connectivity index (χ2n) is 7.74. The number of hydrogen-bond acceptors (Lipinski definition) is 4. The van der Waals surface area contributed by atoms with E-state index in [1.54, 1.807) is 24.3 Å². The summed E-state index contributed by atoms with van der Waals surface area (Å²) in [5.41, 5.74) is 0.532. The van der Waals surface area contributed by atoms with E-state index in [-0.39, 0.29) is 29.7 Å². The van der Waals surface area contributed by atoms with Crippen LogP contribution in [0, 0.1) is 5.92 Å². The molecule has 0 unspecified atom stereocenters. The molecular formula is C23H29N3O3S. The molecule has 7 heteroatoms. The molecular weight excluding hydrogens is 398 g/mol. The number of nitrogens with zero attached hydrogens (tertiary/aromatic N) is 1. The highest BCUT2D eigenvalue weighted by Crippen LogP contribution is 2.24. The van der Waals surface area contributed by atoms with Crippen LogP contribution in [0.4, 0.5) is 0 Å². The van der Waals surface area contributed by atoms with Gasteiger partial charge in [-0.1, -0.05) is 31.2 Å². The lowest BCUT2D eigenvalue weighted by atomic mass is 9.88. The number of nitrogens with one attached hydrogen (secondary N) is 2. The van der Waals surface area contributed by atoms with E-state index in [1.807, 2.05) is 42.3 Å². The highest BCUT2D eigenvalue weighted by atomic mass is 32.1. The van der Waals surface area contributed by atoms with Crippen molar-refractivity contribution in [3.05, 3.63) is 58.3 Å². The molecule has 160 valence electrons. The molecule has 1 fully saturated rings. The monoisotopic (exact) mass is 427 g/mol. The molecule has 30 heavy (non-hydrogen) atoms. The average molecular weight is 428 g/mol. The van der Waals surface area contributed by atoms with Gasteiger partial charge >= 0.3 is 0 Å². The average Bonchev–Trinajstić information content (AvgIpc) is 3.32. The molecule has 2 heterocycles. The van der Waals surface area contributed by atoms with E-state index in [4.69, 9.17) is 0 Å². The lowest BCUT2D eigenvalue weighted by molar-refractivity contribution is -0.125. The third kappa shape index (κ3) is 5.48. The summed E-state index contributed by atoms with van der Waals surface area (Å²) in [6, 6.07) is 12.1. The molecule has 1 aliphatic rings. The molecule has 1 aromatic carbocycles.